The van der Waals surface area contributed by atoms with Gasteiger partial charge in [0.25, 0.3) is 0 Å². The van der Waals surface area contributed by atoms with Crippen LogP contribution in [-0.4, -0.2) is 27.4 Å². The van der Waals surface area contributed by atoms with Crippen LogP contribution in [0.1, 0.15) is 51.4 Å². The molecule has 5 nitrogen and oxygen atoms in total. The van der Waals surface area contributed by atoms with Gasteiger partial charge in [0, 0.05) is 18.6 Å². The molecular weight excluding hydrogens is 252 g/mol. The van der Waals surface area contributed by atoms with E-state index in [0.717, 1.165) is 12.8 Å². The molecule has 2 fully saturated rings. The first-order valence-electron chi connectivity index (χ1n) is 7.72. The highest BCUT2D eigenvalue weighted by atomic mass is 16.3. The van der Waals surface area contributed by atoms with Crippen LogP contribution in [0.5, 0.6) is 0 Å². The van der Waals surface area contributed by atoms with Gasteiger partial charge in [0.05, 0.1) is 6.10 Å². The molecule has 1 heterocycles. The maximum Gasteiger partial charge on any atom is 0.220 e. The van der Waals surface area contributed by atoms with Crippen LogP contribution in [0.4, 0.5) is 5.95 Å². The monoisotopic (exact) mass is 276 g/mol. The van der Waals surface area contributed by atoms with Gasteiger partial charge >= 0.3 is 0 Å². The van der Waals surface area contributed by atoms with Gasteiger partial charge in [0.2, 0.25) is 5.95 Å². The van der Waals surface area contributed by atoms with Crippen LogP contribution in [0.3, 0.4) is 0 Å². The second-order valence-corrected chi connectivity index (χ2v) is 6.40. The number of aliphatic hydroxyl groups is 1. The topological polar surface area (TPSA) is 73.3 Å². The van der Waals surface area contributed by atoms with Crippen molar-refractivity contribution in [2.75, 3.05) is 5.43 Å². The lowest BCUT2D eigenvalue weighted by Gasteiger charge is -2.43. The zero-order valence-electron chi connectivity index (χ0n) is 11.9. The molecule has 20 heavy (non-hydrogen) atoms. The molecule has 0 saturated heterocycles. The predicted molar refractivity (Wildman–Crippen MR) is 79.6 cm³/mol. The summed E-state index contributed by atoms with van der Waals surface area (Å²) in [5, 5.41) is 13.9. The highest BCUT2D eigenvalue weighted by molar-refractivity contribution is 5.61. The molecular formula is C15H24N4O. The van der Waals surface area contributed by atoms with Gasteiger partial charge < -0.3 is 10.1 Å². The van der Waals surface area contributed by atoms with E-state index in [2.05, 4.69) is 20.5 Å². The Morgan fingerprint density at radius 3 is 2.60 bits per heavy atom. The summed E-state index contributed by atoms with van der Waals surface area (Å²) in [7, 11) is 0. The van der Waals surface area contributed by atoms with E-state index in [4.69, 9.17) is 0 Å². The van der Waals surface area contributed by atoms with Gasteiger partial charge in [-0.15, -0.1) is 0 Å². The molecule has 1 aromatic heterocycles. The molecule has 5 heteroatoms. The number of aliphatic hydroxyl groups excluding tert-OH is 1. The molecule has 2 aliphatic carbocycles. The molecule has 2 saturated carbocycles. The molecule has 0 radical (unpaired) electrons. The molecule has 2 aliphatic rings. The second-order valence-electron chi connectivity index (χ2n) is 6.40. The SMILES string of the molecule is OC1CCC2(CC1)CCC(C=NNc1ncc[nH]1)CC2. The predicted octanol–water partition coefficient (Wildman–Crippen LogP) is 2.92. The Kier molecular flexibility index (Phi) is 4.05. The smallest absolute Gasteiger partial charge is 0.220 e. The average molecular weight is 276 g/mol. The molecule has 1 aromatic rings. The zero-order valence-corrected chi connectivity index (χ0v) is 11.9. The van der Waals surface area contributed by atoms with Gasteiger partial charge in [-0.2, -0.15) is 5.10 Å². The van der Waals surface area contributed by atoms with E-state index in [0.29, 0.717) is 17.3 Å². The second kappa shape index (κ2) is 5.95. The first-order valence-corrected chi connectivity index (χ1v) is 7.72. The number of hydrogen-bond acceptors (Lipinski definition) is 4. The van der Waals surface area contributed by atoms with Crippen molar-refractivity contribution in [3.63, 3.8) is 0 Å². The lowest BCUT2D eigenvalue weighted by Crippen LogP contribution is -2.33. The highest BCUT2D eigenvalue weighted by Crippen LogP contribution is 2.48. The molecule has 0 amide bonds. The molecule has 0 aromatic carbocycles. The number of aromatic nitrogens is 2. The summed E-state index contributed by atoms with van der Waals surface area (Å²) in [5.41, 5.74) is 3.44. The molecule has 3 N–H and O–H groups in total. The number of rotatable bonds is 3. The quantitative estimate of drug-likeness (QED) is 0.587. The summed E-state index contributed by atoms with van der Waals surface area (Å²) in [4.78, 5) is 7.04. The standard InChI is InChI=1S/C15H24N4O/c20-13-3-7-15(8-4-13)5-1-12(2-6-15)11-18-19-14-16-9-10-17-14/h9-13,20H,1-8H2,(H2,16,17,19). The Bertz CT molecular complexity index is 425. The molecule has 0 atom stereocenters. The summed E-state index contributed by atoms with van der Waals surface area (Å²) in [5.74, 6) is 1.27. The molecule has 1 spiro atoms. The van der Waals surface area contributed by atoms with Crippen molar-refractivity contribution in [1.29, 1.82) is 0 Å². The largest absolute Gasteiger partial charge is 0.393 e. The third-order valence-electron chi connectivity index (χ3n) is 5.06. The minimum atomic E-state index is -0.0441. The van der Waals surface area contributed by atoms with Crippen LogP contribution in [0, 0.1) is 11.3 Å². The lowest BCUT2D eigenvalue weighted by molar-refractivity contribution is 0.0354. The van der Waals surface area contributed by atoms with E-state index in [-0.39, 0.29) is 6.10 Å². The van der Waals surface area contributed by atoms with Crippen LogP contribution >= 0.6 is 0 Å². The van der Waals surface area contributed by atoms with Gasteiger partial charge in [-0.25, -0.2) is 10.4 Å². The third-order valence-corrected chi connectivity index (χ3v) is 5.06. The van der Waals surface area contributed by atoms with Crippen LogP contribution < -0.4 is 5.43 Å². The number of nitrogens with one attached hydrogen (secondary N) is 2. The number of nitrogens with zero attached hydrogens (tertiary/aromatic N) is 2. The van der Waals surface area contributed by atoms with Crippen molar-refractivity contribution in [3.05, 3.63) is 12.4 Å². The number of imidazole rings is 1. The fourth-order valence-corrected chi connectivity index (χ4v) is 3.65. The Labute approximate surface area is 119 Å². The number of anilines is 1. The molecule has 0 bridgehead atoms. The van der Waals surface area contributed by atoms with Crippen molar-refractivity contribution in [3.8, 4) is 0 Å². The number of aromatic amines is 1. The van der Waals surface area contributed by atoms with E-state index >= 15 is 0 Å². The van der Waals surface area contributed by atoms with Crippen LogP contribution in [0.15, 0.2) is 17.5 Å². The minimum Gasteiger partial charge on any atom is -0.393 e. The molecule has 110 valence electrons. The normalized spacial score (nSPS) is 34.6. The minimum absolute atomic E-state index is 0.0441. The first-order chi connectivity index (χ1) is 9.76. The Hall–Kier alpha value is -1.36. The number of H-pyrrole nitrogens is 1. The van der Waals surface area contributed by atoms with Gasteiger partial charge in [0.1, 0.15) is 0 Å². The number of hydrazone groups is 1. The van der Waals surface area contributed by atoms with Crippen molar-refractivity contribution in [2.45, 2.75) is 57.5 Å². The van der Waals surface area contributed by atoms with Crippen LogP contribution in [-0.2, 0) is 0 Å². The molecule has 0 unspecified atom stereocenters. The lowest BCUT2D eigenvalue weighted by atomic mass is 9.63. The summed E-state index contributed by atoms with van der Waals surface area (Å²) >= 11 is 0. The van der Waals surface area contributed by atoms with Crippen molar-refractivity contribution in [1.82, 2.24) is 9.97 Å². The summed E-state index contributed by atoms with van der Waals surface area (Å²) < 4.78 is 0. The first kappa shape index (κ1) is 13.6. The summed E-state index contributed by atoms with van der Waals surface area (Å²) in [6.07, 6.45) is 14.9. The summed E-state index contributed by atoms with van der Waals surface area (Å²) in [6, 6.07) is 0. The maximum absolute atomic E-state index is 9.64. The third kappa shape index (κ3) is 3.20. The van der Waals surface area contributed by atoms with E-state index in [1.165, 1.54) is 38.5 Å². The van der Waals surface area contributed by atoms with Crippen LogP contribution in [0.2, 0.25) is 0 Å². The molecule has 3 rings (SSSR count). The van der Waals surface area contributed by atoms with Gasteiger partial charge in [-0.1, -0.05) is 0 Å². The Morgan fingerprint density at radius 1 is 1.25 bits per heavy atom. The van der Waals surface area contributed by atoms with Crippen molar-refractivity contribution >= 4 is 12.2 Å². The fraction of sp³-hybridized carbons (Fsp3) is 0.733. The van der Waals surface area contributed by atoms with Crippen LogP contribution in [0.25, 0.3) is 0 Å². The van der Waals surface area contributed by atoms with Gasteiger partial charge in [-0.05, 0) is 62.7 Å². The molecule has 0 aliphatic heterocycles. The van der Waals surface area contributed by atoms with E-state index in [9.17, 15) is 5.11 Å². The maximum atomic E-state index is 9.64. The van der Waals surface area contributed by atoms with E-state index < -0.39 is 0 Å². The number of hydrogen-bond donors (Lipinski definition) is 3. The van der Waals surface area contributed by atoms with E-state index in [1.807, 2.05) is 6.21 Å². The summed E-state index contributed by atoms with van der Waals surface area (Å²) in [6.45, 7) is 0. The van der Waals surface area contributed by atoms with E-state index in [1.54, 1.807) is 12.4 Å². The highest BCUT2D eigenvalue weighted by Gasteiger charge is 2.37. The van der Waals surface area contributed by atoms with Crippen molar-refractivity contribution in [2.24, 2.45) is 16.4 Å². The van der Waals surface area contributed by atoms with Gasteiger partial charge in [-0.3, -0.25) is 0 Å². The average Bonchev–Trinajstić information content (AvgIpc) is 2.98. The fourth-order valence-electron chi connectivity index (χ4n) is 3.65. The van der Waals surface area contributed by atoms with Crippen molar-refractivity contribution < 1.29 is 5.11 Å². The van der Waals surface area contributed by atoms with Gasteiger partial charge in [0.15, 0.2) is 0 Å². The Morgan fingerprint density at radius 2 is 1.95 bits per heavy atom. The zero-order chi connectivity index (χ0) is 13.8. The Balaban J connectivity index is 1.45.